The van der Waals surface area contributed by atoms with Crippen LogP contribution in [0.1, 0.15) is 30.5 Å². The number of rotatable bonds is 4. The Hall–Kier alpha value is -4.18. The van der Waals surface area contributed by atoms with Crippen molar-refractivity contribution in [3.8, 4) is 11.6 Å². The van der Waals surface area contributed by atoms with Crippen LogP contribution < -0.4 is 26.8 Å². The summed E-state index contributed by atoms with van der Waals surface area (Å²) in [6.45, 7) is 6.51. The van der Waals surface area contributed by atoms with E-state index in [1.165, 1.54) is 6.33 Å². The summed E-state index contributed by atoms with van der Waals surface area (Å²) in [4.78, 5) is 17.1. The van der Waals surface area contributed by atoms with Crippen molar-refractivity contribution >= 4 is 29.6 Å². The number of fused-ring (bicyclic) bond motifs is 1. The average Bonchev–Trinajstić information content (AvgIpc) is 3.14. The first-order valence-corrected chi connectivity index (χ1v) is 10.8. The van der Waals surface area contributed by atoms with Crippen molar-refractivity contribution < 1.29 is 9.47 Å². The number of nitrogens with two attached hydrogens (primary N) is 2. The lowest BCUT2D eigenvalue weighted by Crippen LogP contribution is -2.39. The van der Waals surface area contributed by atoms with Gasteiger partial charge in [0.1, 0.15) is 24.5 Å². The second kappa shape index (κ2) is 7.99. The molecule has 0 saturated carbocycles. The highest BCUT2D eigenvalue weighted by Gasteiger charge is 2.34. The summed E-state index contributed by atoms with van der Waals surface area (Å²) in [6, 6.07) is 13.6. The Morgan fingerprint density at radius 2 is 1.97 bits per heavy atom. The highest BCUT2D eigenvalue weighted by atomic mass is 16.5. The van der Waals surface area contributed by atoms with Crippen LogP contribution >= 0.6 is 0 Å². The molecule has 3 aromatic rings. The van der Waals surface area contributed by atoms with Gasteiger partial charge in [0.15, 0.2) is 5.66 Å². The Labute approximate surface area is 197 Å². The molecule has 5 rings (SSSR count). The number of aryl methyl sites for hydroxylation is 1. The number of hydrogen-bond acceptors (Lipinski definition) is 10. The number of aliphatic imine (C=N–C) groups is 2. The van der Waals surface area contributed by atoms with Gasteiger partial charge in [-0.1, -0.05) is 6.07 Å². The molecule has 1 atom stereocenters. The number of hydrogen-bond donors (Lipinski definition) is 4. The fourth-order valence-electron chi connectivity index (χ4n) is 3.86. The van der Waals surface area contributed by atoms with E-state index in [0.29, 0.717) is 30.1 Å². The molecular weight excluding hydrogens is 432 g/mol. The van der Waals surface area contributed by atoms with Gasteiger partial charge in [-0.05, 0) is 62.2 Å². The normalized spacial score (nSPS) is 20.1. The molecule has 0 aliphatic carbocycles. The average molecular weight is 459 g/mol. The smallest absolute Gasteiger partial charge is 0.289 e. The molecule has 0 saturated heterocycles. The summed E-state index contributed by atoms with van der Waals surface area (Å²) in [5, 5.41) is 6.41. The number of ether oxygens (including phenoxy) is 2. The van der Waals surface area contributed by atoms with Gasteiger partial charge in [-0.15, -0.1) is 0 Å². The quantitative estimate of drug-likeness (QED) is 0.466. The van der Waals surface area contributed by atoms with Crippen LogP contribution in [-0.2, 0) is 10.4 Å². The van der Waals surface area contributed by atoms with E-state index in [9.17, 15) is 0 Å². The predicted molar refractivity (Wildman–Crippen MR) is 132 cm³/mol. The number of nitrogens with one attached hydrogen (secondary N) is 2. The van der Waals surface area contributed by atoms with Gasteiger partial charge in [-0.3, -0.25) is 5.73 Å². The number of nitrogens with zero attached hydrogens (tertiary/aromatic N) is 4. The molecule has 10 heteroatoms. The Morgan fingerprint density at radius 1 is 1.12 bits per heavy atom. The molecule has 0 radical (unpaired) electrons. The lowest BCUT2D eigenvalue weighted by Gasteiger charge is -2.32. The van der Waals surface area contributed by atoms with E-state index in [1.54, 1.807) is 12.4 Å². The Balaban J connectivity index is 1.45. The minimum Gasteiger partial charge on any atom is -0.462 e. The highest BCUT2D eigenvalue weighted by molar-refractivity contribution is 5.92. The fraction of sp³-hybridized carbons (Fsp3) is 0.250. The molecule has 2 aromatic carbocycles. The van der Waals surface area contributed by atoms with Crippen molar-refractivity contribution in [1.82, 2.24) is 9.97 Å². The standard InChI is InChI=1S/C24H26N8O2/c1-14-8-15(4-7-19(14)34-21-10-20(25)28-12-29-21)24(26)17-9-16(5-6-18(17)27-13-30-24)31-22-32-23(2,3)11-33-22/h4-10,12-13H,11,26H2,1-3H3,(H,27,30)(H,31,32)(H2,25,28,29). The van der Waals surface area contributed by atoms with Crippen LogP contribution in [0.3, 0.4) is 0 Å². The molecule has 1 aromatic heterocycles. The predicted octanol–water partition coefficient (Wildman–Crippen LogP) is 3.35. The molecule has 0 spiro atoms. The zero-order valence-corrected chi connectivity index (χ0v) is 19.2. The van der Waals surface area contributed by atoms with Crippen LogP contribution in [0.5, 0.6) is 11.6 Å². The van der Waals surface area contributed by atoms with Gasteiger partial charge in [-0.2, -0.15) is 0 Å². The third-order valence-electron chi connectivity index (χ3n) is 5.63. The van der Waals surface area contributed by atoms with Crippen LogP contribution in [0.2, 0.25) is 0 Å². The van der Waals surface area contributed by atoms with Crippen LogP contribution in [0.25, 0.3) is 0 Å². The van der Waals surface area contributed by atoms with Crippen LogP contribution in [0.15, 0.2) is 58.8 Å². The molecule has 1 unspecified atom stereocenters. The second-order valence-corrected chi connectivity index (χ2v) is 8.94. The summed E-state index contributed by atoms with van der Waals surface area (Å²) < 4.78 is 11.6. The Kier molecular flexibility index (Phi) is 5.09. The lowest BCUT2D eigenvalue weighted by molar-refractivity contribution is 0.278. The van der Waals surface area contributed by atoms with Crippen molar-refractivity contribution in [2.75, 3.05) is 23.0 Å². The Bertz CT molecular complexity index is 1320. The molecule has 6 N–H and O–H groups in total. The largest absolute Gasteiger partial charge is 0.462 e. The summed E-state index contributed by atoms with van der Waals surface area (Å²) in [5.74, 6) is 1.34. The minimum atomic E-state index is -1.10. The Morgan fingerprint density at radius 3 is 2.71 bits per heavy atom. The van der Waals surface area contributed by atoms with E-state index in [4.69, 9.17) is 20.9 Å². The zero-order chi connectivity index (χ0) is 23.9. The summed E-state index contributed by atoms with van der Waals surface area (Å²) >= 11 is 0. The van der Waals surface area contributed by atoms with Crippen molar-refractivity contribution in [1.29, 1.82) is 0 Å². The molecule has 3 heterocycles. The van der Waals surface area contributed by atoms with Gasteiger partial charge in [-0.25, -0.2) is 20.0 Å². The van der Waals surface area contributed by atoms with Crippen LogP contribution in [0.4, 0.5) is 17.2 Å². The monoisotopic (exact) mass is 458 g/mol. The van der Waals surface area contributed by atoms with Crippen molar-refractivity contribution in [2.45, 2.75) is 32.0 Å². The van der Waals surface area contributed by atoms with E-state index in [-0.39, 0.29) is 5.54 Å². The van der Waals surface area contributed by atoms with E-state index in [2.05, 4.69) is 30.6 Å². The van der Waals surface area contributed by atoms with Crippen LogP contribution in [-0.4, -0.2) is 34.5 Å². The zero-order valence-electron chi connectivity index (χ0n) is 19.2. The number of nitrogen functional groups attached to an aromatic ring is 1. The van der Waals surface area contributed by atoms with Gasteiger partial charge in [0.25, 0.3) is 6.02 Å². The SMILES string of the molecule is Cc1cc(C2(N)N=CNc3ccc(NC4=NC(C)(C)CO4)cc32)ccc1Oc1cc(N)ncn1. The number of aromatic nitrogens is 2. The maximum atomic E-state index is 6.90. The van der Waals surface area contributed by atoms with Gasteiger partial charge >= 0.3 is 0 Å². The summed E-state index contributed by atoms with van der Waals surface area (Å²) in [7, 11) is 0. The molecule has 2 aliphatic heterocycles. The molecule has 2 aliphatic rings. The first kappa shape index (κ1) is 21.7. The molecule has 10 nitrogen and oxygen atoms in total. The molecule has 34 heavy (non-hydrogen) atoms. The fourth-order valence-corrected chi connectivity index (χ4v) is 3.86. The molecule has 0 amide bonds. The van der Waals surface area contributed by atoms with E-state index < -0.39 is 5.66 Å². The van der Waals surface area contributed by atoms with Gasteiger partial charge in [0, 0.05) is 23.0 Å². The third-order valence-corrected chi connectivity index (χ3v) is 5.63. The molecule has 174 valence electrons. The third kappa shape index (κ3) is 4.11. The molecule has 0 fully saturated rings. The van der Waals surface area contributed by atoms with Gasteiger partial charge < -0.3 is 25.8 Å². The topological polar surface area (TPSA) is 145 Å². The first-order valence-electron chi connectivity index (χ1n) is 10.8. The van der Waals surface area contributed by atoms with Gasteiger partial charge in [0.2, 0.25) is 5.88 Å². The molecular formula is C24H26N8O2. The van der Waals surface area contributed by atoms with E-state index >= 15 is 0 Å². The second-order valence-electron chi connectivity index (χ2n) is 8.94. The lowest BCUT2D eigenvalue weighted by atomic mass is 9.89. The van der Waals surface area contributed by atoms with E-state index in [0.717, 1.165) is 28.1 Å². The number of benzene rings is 2. The molecule has 0 bridgehead atoms. The first-order chi connectivity index (χ1) is 16.2. The maximum absolute atomic E-state index is 6.90. The number of amidine groups is 1. The summed E-state index contributed by atoms with van der Waals surface area (Å²) in [6.07, 6.45) is 2.98. The van der Waals surface area contributed by atoms with E-state index in [1.807, 2.05) is 57.2 Å². The van der Waals surface area contributed by atoms with Crippen molar-refractivity contribution in [3.63, 3.8) is 0 Å². The minimum absolute atomic E-state index is 0.251. The maximum Gasteiger partial charge on any atom is 0.289 e. The van der Waals surface area contributed by atoms with Gasteiger partial charge in [0.05, 0.1) is 11.9 Å². The summed E-state index contributed by atoms with van der Waals surface area (Å²) in [5.41, 5.74) is 15.4. The van der Waals surface area contributed by atoms with Crippen molar-refractivity contribution in [2.24, 2.45) is 15.7 Å². The van der Waals surface area contributed by atoms with Crippen LogP contribution in [0, 0.1) is 6.92 Å². The highest BCUT2D eigenvalue weighted by Crippen LogP contribution is 2.39. The number of anilines is 3. The van der Waals surface area contributed by atoms with Crippen molar-refractivity contribution in [3.05, 3.63) is 65.5 Å².